The number of H-pyrrole nitrogens is 1. The van der Waals surface area contributed by atoms with E-state index in [-0.39, 0.29) is 5.28 Å². The van der Waals surface area contributed by atoms with Crippen LogP contribution in [0.25, 0.3) is 22.4 Å². The summed E-state index contributed by atoms with van der Waals surface area (Å²) in [6.07, 6.45) is 2.80. The largest absolute Gasteiger partial charge is 0.357 e. The van der Waals surface area contributed by atoms with Gasteiger partial charge in [-0.3, -0.25) is 0 Å². The van der Waals surface area contributed by atoms with E-state index < -0.39 is 5.82 Å². The molecule has 3 aromatic heterocycles. The minimum Gasteiger partial charge on any atom is -0.357 e. The molecular weight excluding hydrogens is 271 g/mol. The first-order valence-electron chi connectivity index (χ1n) is 5.39. The van der Waals surface area contributed by atoms with Gasteiger partial charge in [-0.2, -0.15) is 15.0 Å². The molecule has 0 aliphatic rings. The van der Waals surface area contributed by atoms with E-state index in [4.69, 9.17) is 11.6 Å². The number of hydrogen-bond donors (Lipinski definition) is 2. The molecule has 8 heteroatoms. The molecule has 0 aliphatic heterocycles. The molecule has 0 saturated carbocycles. The molecule has 3 rings (SSSR count). The molecule has 0 amide bonds. The molecular formula is C11H8ClFN6. The fraction of sp³-hybridized carbons (Fsp3) is 0.0909. The minimum atomic E-state index is -0.428. The quantitative estimate of drug-likeness (QED) is 0.751. The Hall–Kier alpha value is -2.28. The molecule has 2 N–H and O–H groups in total. The van der Waals surface area contributed by atoms with E-state index in [1.165, 1.54) is 6.07 Å². The number of rotatable bonds is 2. The zero-order valence-corrected chi connectivity index (χ0v) is 10.5. The van der Waals surface area contributed by atoms with Crippen molar-refractivity contribution in [1.29, 1.82) is 0 Å². The molecule has 3 heterocycles. The second-order valence-electron chi connectivity index (χ2n) is 3.75. The van der Waals surface area contributed by atoms with Gasteiger partial charge in [0, 0.05) is 24.2 Å². The number of aromatic nitrogens is 5. The number of halogens is 2. The van der Waals surface area contributed by atoms with Crippen molar-refractivity contribution >= 4 is 28.6 Å². The number of fused-ring (bicyclic) bond motifs is 1. The van der Waals surface area contributed by atoms with Crippen molar-refractivity contribution < 1.29 is 4.39 Å². The summed E-state index contributed by atoms with van der Waals surface area (Å²) in [6, 6.07) is 1.37. The summed E-state index contributed by atoms with van der Waals surface area (Å²) in [5, 5.41) is 3.43. The van der Waals surface area contributed by atoms with E-state index in [1.807, 2.05) is 0 Å². The lowest BCUT2D eigenvalue weighted by Gasteiger charge is -2.02. The van der Waals surface area contributed by atoms with Crippen LogP contribution in [-0.2, 0) is 0 Å². The van der Waals surface area contributed by atoms with Crippen LogP contribution >= 0.6 is 11.6 Å². The maximum absolute atomic E-state index is 13.3. The Kier molecular flexibility index (Phi) is 2.75. The van der Waals surface area contributed by atoms with E-state index in [0.29, 0.717) is 28.4 Å². The van der Waals surface area contributed by atoms with E-state index in [2.05, 4.69) is 30.2 Å². The van der Waals surface area contributed by atoms with Gasteiger partial charge < -0.3 is 10.3 Å². The SMILES string of the molecule is CNc1nc(Cl)nc(-c2c[nH]c3ncc(F)cc23)n1. The predicted octanol–water partition coefficient (Wildman–Crippen LogP) is 2.25. The third-order valence-electron chi connectivity index (χ3n) is 2.57. The average Bonchev–Trinajstić information content (AvgIpc) is 2.80. The Morgan fingerprint density at radius 2 is 2.16 bits per heavy atom. The van der Waals surface area contributed by atoms with Crippen LogP contribution in [0.4, 0.5) is 10.3 Å². The topological polar surface area (TPSA) is 79.4 Å². The second-order valence-corrected chi connectivity index (χ2v) is 4.09. The van der Waals surface area contributed by atoms with Gasteiger partial charge in [0.1, 0.15) is 11.5 Å². The van der Waals surface area contributed by atoms with Gasteiger partial charge in [-0.1, -0.05) is 0 Å². The maximum Gasteiger partial charge on any atom is 0.227 e. The molecule has 0 atom stereocenters. The normalized spacial score (nSPS) is 10.9. The monoisotopic (exact) mass is 278 g/mol. The highest BCUT2D eigenvalue weighted by Gasteiger charge is 2.13. The van der Waals surface area contributed by atoms with Gasteiger partial charge in [-0.05, 0) is 17.7 Å². The standard InChI is InChI=1S/C11H8ClFN6/c1-14-11-18-9(17-10(12)19-11)7-4-16-8-6(7)2-5(13)3-15-8/h2-4H,1H3,(H,15,16)(H,14,17,18,19). The first kappa shape index (κ1) is 11.8. The Balaban J connectivity index is 2.24. The van der Waals surface area contributed by atoms with Gasteiger partial charge in [0.2, 0.25) is 11.2 Å². The molecule has 6 nitrogen and oxygen atoms in total. The lowest BCUT2D eigenvalue weighted by molar-refractivity contribution is 0.624. The van der Waals surface area contributed by atoms with Crippen LogP contribution in [0.5, 0.6) is 0 Å². The third kappa shape index (κ3) is 2.08. The average molecular weight is 279 g/mol. The van der Waals surface area contributed by atoms with Crippen molar-refractivity contribution in [2.75, 3.05) is 12.4 Å². The van der Waals surface area contributed by atoms with Crippen LogP contribution in [0.15, 0.2) is 18.5 Å². The summed E-state index contributed by atoms with van der Waals surface area (Å²) in [7, 11) is 1.67. The smallest absolute Gasteiger partial charge is 0.227 e. The van der Waals surface area contributed by atoms with Crippen molar-refractivity contribution in [3.05, 3.63) is 29.6 Å². The molecule has 0 spiro atoms. The van der Waals surface area contributed by atoms with Crippen LogP contribution in [0.2, 0.25) is 5.28 Å². The lowest BCUT2D eigenvalue weighted by Crippen LogP contribution is -2.00. The van der Waals surface area contributed by atoms with Crippen molar-refractivity contribution in [2.45, 2.75) is 0 Å². The van der Waals surface area contributed by atoms with E-state index in [1.54, 1.807) is 13.2 Å². The van der Waals surface area contributed by atoms with Crippen molar-refractivity contribution in [3.63, 3.8) is 0 Å². The first-order chi connectivity index (χ1) is 9.17. The maximum atomic E-state index is 13.3. The Morgan fingerprint density at radius 3 is 2.95 bits per heavy atom. The minimum absolute atomic E-state index is 0.0630. The summed E-state index contributed by atoms with van der Waals surface area (Å²) in [6.45, 7) is 0. The van der Waals surface area contributed by atoms with Gasteiger partial charge in [-0.25, -0.2) is 9.37 Å². The molecule has 0 aromatic carbocycles. The molecule has 0 saturated heterocycles. The Morgan fingerprint density at radius 1 is 1.32 bits per heavy atom. The highest BCUT2D eigenvalue weighted by atomic mass is 35.5. The van der Waals surface area contributed by atoms with Crippen molar-refractivity contribution in [2.24, 2.45) is 0 Å². The number of nitrogens with zero attached hydrogens (tertiary/aromatic N) is 4. The van der Waals surface area contributed by atoms with E-state index in [9.17, 15) is 4.39 Å². The fourth-order valence-electron chi connectivity index (χ4n) is 1.75. The summed E-state index contributed by atoms with van der Waals surface area (Å²) in [4.78, 5) is 19.0. The summed E-state index contributed by atoms with van der Waals surface area (Å²) in [5.41, 5.74) is 1.17. The summed E-state index contributed by atoms with van der Waals surface area (Å²) in [5.74, 6) is 0.263. The highest BCUT2D eigenvalue weighted by Crippen LogP contribution is 2.26. The van der Waals surface area contributed by atoms with Crippen molar-refractivity contribution in [3.8, 4) is 11.4 Å². The van der Waals surface area contributed by atoms with Crippen LogP contribution in [0.1, 0.15) is 0 Å². The van der Waals surface area contributed by atoms with E-state index in [0.717, 1.165) is 6.20 Å². The van der Waals surface area contributed by atoms with Gasteiger partial charge in [0.15, 0.2) is 5.82 Å². The number of aromatic amines is 1. The van der Waals surface area contributed by atoms with Crippen LogP contribution in [0.3, 0.4) is 0 Å². The van der Waals surface area contributed by atoms with Gasteiger partial charge >= 0.3 is 0 Å². The second kappa shape index (κ2) is 4.43. The van der Waals surface area contributed by atoms with Crippen molar-refractivity contribution in [1.82, 2.24) is 24.9 Å². The number of hydrogen-bond acceptors (Lipinski definition) is 5. The van der Waals surface area contributed by atoms with Gasteiger partial charge in [-0.15, -0.1) is 0 Å². The number of nitrogens with one attached hydrogen (secondary N) is 2. The number of pyridine rings is 1. The molecule has 0 unspecified atom stereocenters. The molecule has 19 heavy (non-hydrogen) atoms. The summed E-state index contributed by atoms with van der Waals surface area (Å²) >= 11 is 5.83. The predicted molar refractivity (Wildman–Crippen MR) is 69.4 cm³/mol. The zero-order chi connectivity index (χ0) is 13.4. The zero-order valence-electron chi connectivity index (χ0n) is 9.78. The molecule has 3 aromatic rings. The Bertz CT molecular complexity index is 756. The molecule has 0 radical (unpaired) electrons. The third-order valence-corrected chi connectivity index (χ3v) is 2.74. The van der Waals surface area contributed by atoms with Crippen LogP contribution in [-0.4, -0.2) is 32.0 Å². The fourth-order valence-corrected chi connectivity index (χ4v) is 1.91. The summed E-state index contributed by atoms with van der Waals surface area (Å²) < 4.78 is 13.3. The van der Waals surface area contributed by atoms with Gasteiger partial charge in [0.25, 0.3) is 0 Å². The lowest BCUT2D eigenvalue weighted by atomic mass is 10.2. The van der Waals surface area contributed by atoms with Gasteiger partial charge in [0.05, 0.1) is 6.20 Å². The molecule has 96 valence electrons. The van der Waals surface area contributed by atoms with Crippen LogP contribution < -0.4 is 5.32 Å². The van der Waals surface area contributed by atoms with E-state index >= 15 is 0 Å². The molecule has 0 aliphatic carbocycles. The molecule has 0 fully saturated rings. The first-order valence-corrected chi connectivity index (χ1v) is 5.77. The number of anilines is 1. The highest BCUT2D eigenvalue weighted by molar-refractivity contribution is 6.28. The molecule has 0 bridgehead atoms. The van der Waals surface area contributed by atoms with Crippen LogP contribution in [0, 0.1) is 5.82 Å². The Labute approximate surface area is 112 Å².